The van der Waals surface area contributed by atoms with E-state index in [-0.39, 0.29) is 0 Å². The van der Waals surface area contributed by atoms with E-state index in [2.05, 4.69) is 53.5 Å². The molecule has 0 atom stereocenters. The minimum atomic E-state index is 0.813. The summed E-state index contributed by atoms with van der Waals surface area (Å²) in [6.45, 7) is 5.87. The molecule has 0 aliphatic carbocycles. The Kier molecular flexibility index (Phi) is 4.61. The molecule has 21 heavy (non-hydrogen) atoms. The third-order valence-corrected chi connectivity index (χ3v) is 4.07. The Morgan fingerprint density at radius 3 is 2.86 bits per heavy atom. The molecule has 0 radical (unpaired) electrons. The van der Waals surface area contributed by atoms with Crippen molar-refractivity contribution in [3.63, 3.8) is 0 Å². The molecule has 1 aliphatic heterocycles. The van der Waals surface area contributed by atoms with E-state index in [0.717, 1.165) is 37.7 Å². The van der Waals surface area contributed by atoms with E-state index in [1.807, 2.05) is 0 Å². The zero-order valence-electron chi connectivity index (χ0n) is 12.8. The van der Waals surface area contributed by atoms with Crippen LogP contribution >= 0.6 is 0 Å². The Labute approximate surface area is 127 Å². The maximum absolute atomic E-state index is 5.94. The number of hydrogen-bond donors (Lipinski definition) is 1. The fraction of sp³-hybridized carbons (Fsp3) is 0.444. The highest BCUT2D eigenvalue weighted by Crippen LogP contribution is 2.27. The van der Waals surface area contributed by atoms with Gasteiger partial charge in [0, 0.05) is 12.2 Å². The monoisotopic (exact) mass is 284 g/mol. The number of benzene rings is 1. The van der Waals surface area contributed by atoms with E-state index < -0.39 is 0 Å². The predicted octanol–water partition coefficient (Wildman–Crippen LogP) is 3.73. The van der Waals surface area contributed by atoms with Gasteiger partial charge in [0.05, 0.1) is 13.1 Å². The predicted molar refractivity (Wildman–Crippen MR) is 86.5 cm³/mol. The van der Waals surface area contributed by atoms with Crippen LogP contribution in [0.3, 0.4) is 0 Å². The molecule has 0 unspecified atom stereocenters. The van der Waals surface area contributed by atoms with Crippen LogP contribution in [0, 0.1) is 0 Å². The van der Waals surface area contributed by atoms with Crippen LogP contribution in [0.1, 0.15) is 36.8 Å². The van der Waals surface area contributed by atoms with E-state index >= 15 is 0 Å². The zero-order valence-corrected chi connectivity index (χ0v) is 12.8. The Bertz CT molecular complexity index is 576. The van der Waals surface area contributed by atoms with Crippen molar-refractivity contribution in [1.29, 1.82) is 0 Å². The number of furan rings is 1. The number of aryl methyl sites for hydroxylation is 1. The lowest BCUT2D eigenvalue weighted by Gasteiger charge is -2.23. The molecule has 2 heterocycles. The van der Waals surface area contributed by atoms with Crippen molar-refractivity contribution >= 4 is 5.69 Å². The number of anilines is 1. The second kappa shape index (κ2) is 6.81. The molecule has 0 amide bonds. The maximum atomic E-state index is 5.94. The molecule has 3 nitrogen and oxygen atoms in total. The fourth-order valence-electron chi connectivity index (χ4n) is 2.97. The van der Waals surface area contributed by atoms with Gasteiger partial charge in [0.15, 0.2) is 0 Å². The molecule has 2 aromatic rings. The summed E-state index contributed by atoms with van der Waals surface area (Å²) in [6, 6.07) is 13.0. The van der Waals surface area contributed by atoms with Gasteiger partial charge in [0.25, 0.3) is 0 Å². The van der Waals surface area contributed by atoms with Crippen molar-refractivity contribution in [2.75, 3.05) is 18.0 Å². The second-order valence-electron chi connectivity index (χ2n) is 5.66. The number of hydrogen-bond acceptors (Lipinski definition) is 3. The lowest BCUT2D eigenvalue weighted by atomic mass is 10.1. The topological polar surface area (TPSA) is 28.4 Å². The summed E-state index contributed by atoms with van der Waals surface area (Å²) in [5.74, 6) is 2.08. The molecule has 0 saturated carbocycles. The first-order chi connectivity index (χ1) is 10.4. The smallest absolute Gasteiger partial charge is 0.123 e. The molecule has 3 rings (SSSR count). The van der Waals surface area contributed by atoms with Crippen molar-refractivity contribution in [2.45, 2.75) is 39.3 Å². The standard InChI is InChI=1S/C18H24N2O/c1-2-19-13-16-10-11-17(21-16)14-20-12-6-5-8-15-7-3-4-9-18(15)20/h3-4,7,9-11,19H,2,5-6,8,12-14H2,1H3. The largest absolute Gasteiger partial charge is 0.463 e. The summed E-state index contributed by atoms with van der Waals surface area (Å²) in [7, 11) is 0. The maximum Gasteiger partial charge on any atom is 0.123 e. The fourth-order valence-corrected chi connectivity index (χ4v) is 2.97. The molecule has 0 bridgehead atoms. The van der Waals surface area contributed by atoms with Crippen molar-refractivity contribution in [2.24, 2.45) is 0 Å². The lowest BCUT2D eigenvalue weighted by Crippen LogP contribution is -2.23. The van der Waals surface area contributed by atoms with E-state index in [0.29, 0.717) is 0 Å². The van der Waals surface area contributed by atoms with Gasteiger partial charge in [0.2, 0.25) is 0 Å². The molecule has 0 saturated heterocycles. The van der Waals surface area contributed by atoms with Crippen molar-refractivity contribution in [3.05, 3.63) is 53.5 Å². The lowest BCUT2D eigenvalue weighted by molar-refractivity contribution is 0.445. The van der Waals surface area contributed by atoms with Gasteiger partial charge in [-0.05, 0) is 49.6 Å². The highest BCUT2D eigenvalue weighted by molar-refractivity contribution is 5.54. The molecule has 1 aliphatic rings. The number of nitrogens with zero attached hydrogens (tertiary/aromatic N) is 1. The van der Waals surface area contributed by atoms with Crippen molar-refractivity contribution < 1.29 is 4.42 Å². The Hall–Kier alpha value is -1.74. The number of nitrogens with one attached hydrogen (secondary N) is 1. The summed E-state index contributed by atoms with van der Waals surface area (Å²) < 4.78 is 5.94. The van der Waals surface area contributed by atoms with Crippen LogP contribution in [-0.2, 0) is 19.5 Å². The van der Waals surface area contributed by atoms with E-state index in [1.54, 1.807) is 0 Å². The Balaban J connectivity index is 1.73. The summed E-state index contributed by atoms with van der Waals surface area (Å²) in [5, 5.41) is 3.30. The second-order valence-corrected chi connectivity index (χ2v) is 5.66. The molecule has 1 aromatic heterocycles. The molecule has 0 fully saturated rings. The molecule has 112 valence electrons. The van der Waals surface area contributed by atoms with Gasteiger partial charge in [-0.25, -0.2) is 0 Å². The average Bonchev–Trinajstić information content (AvgIpc) is 2.86. The Morgan fingerprint density at radius 1 is 1.10 bits per heavy atom. The minimum Gasteiger partial charge on any atom is -0.463 e. The molecular weight excluding hydrogens is 260 g/mol. The zero-order chi connectivity index (χ0) is 14.5. The van der Waals surface area contributed by atoms with Crippen molar-refractivity contribution in [1.82, 2.24) is 5.32 Å². The van der Waals surface area contributed by atoms with Crippen LogP contribution in [-0.4, -0.2) is 13.1 Å². The van der Waals surface area contributed by atoms with Crippen LogP contribution in [0.25, 0.3) is 0 Å². The third-order valence-electron chi connectivity index (χ3n) is 4.07. The first kappa shape index (κ1) is 14.2. The van der Waals surface area contributed by atoms with Crippen LogP contribution in [0.4, 0.5) is 5.69 Å². The molecule has 3 heteroatoms. The summed E-state index contributed by atoms with van der Waals surface area (Å²) in [5.41, 5.74) is 2.84. The Morgan fingerprint density at radius 2 is 1.95 bits per heavy atom. The average molecular weight is 284 g/mol. The van der Waals surface area contributed by atoms with Crippen LogP contribution in [0.2, 0.25) is 0 Å². The number of rotatable bonds is 5. The molecule has 1 aromatic carbocycles. The van der Waals surface area contributed by atoms with Gasteiger partial charge in [-0.2, -0.15) is 0 Å². The van der Waals surface area contributed by atoms with Crippen LogP contribution in [0.5, 0.6) is 0 Å². The van der Waals surface area contributed by atoms with Gasteiger partial charge in [-0.1, -0.05) is 25.1 Å². The number of fused-ring (bicyclic) bond motifs is 1. The summed E-state index contributed by atoms with van der Waals surface area (Å²) >= 11 is 0. The van der Waals surface area contributed by atoms with Gasteiger partial charge >= 0.3 is 0 Å². The van der Waals surface area contributed by atoms with Crippen molar-refractivity contribution in [3.8, 4) is 0 Å². The molecular formula is C18H24N2O. The normalized spacial score (nSPS) is 14.8. The van der Waals surface area contributed by atoms with E-state index in [1.165, 1.54) is 30.5 Å². The third kappa shape index (κ3) is 3.48. The van der Waals surface area contributed by atoms with E-state index in [9.17, 15) is 0 Å². The first-order valence-electron chi connectivity index (χ1n) is 7.98. The summed E-state index contributed by atoms with van der Waals surface area (Å²) in [4.78, 5) is 2.46. The van der Waals surface area contributed by atoms with Gasteiger partial charge in [-0.3, -0.25) is 0 Å². The van der Waals surface area contributed by atoms with Crippen LogP contribution < -0.4 is 10.2 Å². The van der Waals surface area contributed by atoms with Gasteiger partial charge in [0.1, 0.15) is 11.5 Å². The summed E-state index contributed by atoms with van der Waals surface area (Å²) in [6.07, 6.45) is 3.72. The van der Waals surface area contributed by atoms with Gasteiger partial charge in [-0.15, -0.1) is 0 Å². The quantitative estimate of drug-likeness (QED) is 0.907. The SMILES string of the molecule is CCNCc1ccc(CN2CCCCc3ccccc32)o1. The highest BCUT2D eigenvalue weighted by Gasteiger charge is 2.16. The number of para-hydroxylation sites is 1. The minimum absolute atomic E-state index is 0.813. The molecule has 1 N–H and O–H groups in total. The van der Waals surface area contributed by atoms with E-state index in [4.69, 9.17) is 4.42 Å². The van der Waals surface area contributed by atoms with Gasteiger partial charge < -0.3 is 14.6 Å². The van der Waals surface area contributed by atoms with Crippen LogP contribution in [0.15, 0.2) is 40.8 Å². The highest BCUT2D eigenvalue weighted by atomic mass is 16.3. The first-order valence-corrected chi connectivity index (χ1v) is 7.98. The molecule has 0 spiro atoms.